The van der Waals surface area contributed by atoms with E-state index in [-0.39, 0.29) is 0 Å². The Bertz CT molecular complexity index is 365. The van der Waals surface area contributed by atoms with Crippen LogP contribution in [-0.4, -0.2) is 35.1 Å². The monoisotopic (exact) mass is 231 g/mol. The van der Waals surface area contributed by atoms with Crippen LogP contribution in [0, 0.1) is 0 Å². The van der Waals surface area contributed by atoms with Crippen molar-refractivity contribution in [2.45, 2.75) is 44.3 Å². The molecule has 3 unspecified atom stereocenters. The molecule has 3 heteroatoms. The van der Waals surface area contributed by atoms with Gasteiger partial charge in [-0.05, 0) is 43.9 Å². The van der Waals surface area contributed by atoms with E-state index in [1.807, 2.05) is 12.4 Å². The molecular weight excluding hydrogens is 210 g/mol. The number of fused-ring (bicyclic) bond motifs is 2. The molecule has 92 valence electrons. The smallest absolute Gasteiger partial charge is 0.0321 e. The van der Waals surface area contributed by atoms with E-state index in [4.69, 9.17) is 0 Å². The molecule has 3 nitrogen and oxygen atoms in total. The number of pyridine rings is 1. The Hall–Kier alpha value is -0.930. The van der Waals surface area contributed by atoms with Crippen molar-refractivity contribution in [2.75, 3.05) is 13.1 Å². The first-order chi connectivity index (χ1) is 8.33. The van der Waals surface area contributed by atoms with Gasteiger partial charge in [-0.3, -0.25) is 9.88 Å². The maximum atomic E-state index is 4.10. The van der Waals surface area contributed by atoms with Crippen LogP contribution in [0.4, 0.5) is 0 Å². The average Bonchev–Trinajstić information content (AvgIpc) is 2.69. The third-order valence-corrected chi connectivity index (χ3v) is 4.29. The molecule has 17 heavy (non-hydrogen) atoms. The molecule has 2 bridgehead atoms. The van der Waals surface area contributed by atoms with Crippen molar-refractivity contribution in [1.82, 2.24) is 15.2 Å². The first-order valence-corrected chi connectivity index (χ1v) is 6.73. The van der Waals surface area contributed by atoms with E-state index in [0.29, 0.717) is 12.1 Å². The molecule has 0 amide bonds. The summed E-state index contributed by atoms with van der Waals surface area (Å²) in [6.07, 6.45) is 7.82. The van der Waals surface area contributed by atoms with E-state index in [0.717, 1.165) is 6.04 Å². The zero-order valence-corrected chi connectivity index (χ0v) is 10.5. The van der Waals surface area contributed by atoms with Crippen LogP contribution in [0.3, 0.4) is 0 Å². The van der Waals surface area contributed by atoms with Crippen molar-refractivity contribution in [2.24, 2.45) is 0 Å². The topological polar surface area (TPSA) is 28.2 Å². The third kappa shape index (κ3) is 2.35. The minimum Gasteiger partial charge on any atom is -0.310 e. The standard InChI is InChI=1S/C14H21N3/c1-11(12-4-7-15-8-5-12)17-9-6-13-2-3-14(10-17)16-13/h4-5,7-8,11,13-14,16H,2-3,6,9-10H2,1H3. The molecular formula is C14H21N3. The van der Waals surface area contributed by atoms with Crippen LogP contribution in [0.25, 0.3) is 0 Å². The normalized spacial score (nSPS) is 31.1. The lowest BCUT2D eigenvalue weighted by atomic mass is 10.0. The second-order valence-corrected chi connectivity index (χ2v) is 5.38. The molecule has 2 aliphatic heterocycles. The van der Waals surface area contributed by atoms with Crippen LogP contribution in [0.5, 0.6) is 0 Å². The van der Waals surface area contributed by atoms with Gasteiger partial charge in [0.15, 0.2) is 0 Å². The number of hydrogen-bond donors (Lipinski definition) is 1. The number of likely N-dealkylation sites (tertiary alicyclic amines) is 1. The Morgan fingerprint density at radius 2 is 2.00 bits per heavy atom. The number of rotatable bonds is 2. The van der Waals surface area contributed by atoms with E-state index in [1.54, 1.807) is 0 Å². The largest absolute Gasteiger partial charge is 0.310 e. The molecule has 0 aliphatic carbocycles. The molecule has 2 aliphatic rings. The average molecular weight is 231 g/mol. The van der Waals surface area contributed by atoms with E-state index in [9.17, 15) is 0 Å². The van der Waals surface area contributed by atoms with Crippen LogP contribution >= 0.6 is 0 Å². The maximum absolute atomic E-state index is 4.10. The van der Waals surface area contributed by atoms with Gasteiger partial charge < -0.3 is 5.32 Å². The zero-order valence-electron chi connectivity index (χ0n) is 10.5. The number of hydrogen-bond acceptors (Lipinski definition) is 3. The van der Waals surface area contributed by atoms with Gasteiger partial charge >= 0.3 is 0 Å². The Labute approximate surface area is 103 Å². The second kappa shape index (κ2) is 4.75. The van der Waals surface area contributed by atoms with Gasteiger partial charge in [-0.1, -0.05) is 0 Å². The fraction of sp³-hybridized carbons (Fsp3) is 0.643. The van der Waals surface area contributed by atoms with Crippen LogP contribution in [0.15, 0.2) is 24.5 Å². The Morgan fingerprint density at radius 3 is 2.82 bits per heavy atom. The lowest BCUT2D eigenvalue weighted by molar-refractivity contribution is 0.200. The van der Waals surface area contributed by atoms with Crippen LogP contribution in [0.2, 0.25) is 0 Å². The van der Waals surface area contributed by atoms with Crippen LogP contribution < -0.4 is 5.32 Å². The summed E-state index contributed by atoms with van der Waals surface area (Å²) in [6, 6.07) is 6.28. The summed E-state index contributed by atoms with van der Waals surface area (Å²) in [4.78, 5) is 6.72. The summed E-state index contributed by atoms with van der Waals surface area (Å²) < 4.78 is 0. The quantitative estimate of drug-likeness (QED) is 0.843. The number of nitrogens with zero attached hydrogens (tertiary/aromatic N) is 2. The van der Waals surface area contributed by atoms with Gasteiger partial charge in [0.2, 0.25) is 0 Å². The lowest BCUT2D eigenvalue weighted by Gasteiger charge is -2.30. The van der Waals surface area contributed by atoms with Gasteiger partial charge in [0, 0.05) is 43.6 Å². The van der Waals surface area contributed by atoms with Crippen LogP contribution in [0.1, 0.15) is 37.8 Å². The van der Waals surface area contributed by atoms with Crippen molar-refractivity contribution in [3.05, 3.63) is 30.1 Å². The van der Waals surface area contributed by atoms with E-state index in [2.05, 4.69) is 34.3 Å². The molecule has 1 aromatic rings. The first kappa shape index (κ1) is 11.2. The highest BCUT2D eigenvalue weighted by atomic mass is 15.2. The maximum Gasteiger partial charge on any atom is 0.0321 e. The van der Waals surface area contributed by atoms with Gasteiger partial charge in [-0.2, -0.15) is 0 Å². The molecule has 2 fully saturated rings. The summed E-state index contributed by atoms with van der Waals surface area (Å²) in [5.41, 5.74) is 1.39. The SMILES string of the molecule is CC(c1ccncc1)N1CCC2CCC(C1)N2. The highest BCUT2D eigenvalue weighted by molar-refractivity contribution is 5.14. The van der Waals surface area contributed by atoms with Crippen LogP contribution in [-0.2, 0) is 0 Å². The number of nitrogens with one attached hydrogen (secondary N) is 1. The van der Waals surface area contributed by atoms with Crippen molar-refractivity contribution in [1.29, 1.82) is 0 Å². The van der Waals surface area contributed by atoms with Gasteiger partial charge in [0.05, 0.1) is 0 Å². The van der Waals surface area contributed by atoms with E-state index in [1.165, 1.54) is 37.9 Å². The predicted octanol–water partition coefficient (Wildman–Crippen LogP) is 1.97. The fourth-order valence-electron chi connectivity index (χ4n) is 3.17. The van der Waals surface area contributed by atoms with Gasteiger partial charge in [-0.15, -0.1) is 0 Å². The Balaban J connectivity index is 1.72. The van der Waals surface area contributed by atoms with Crippen molar-refractivity contribution >= 4 is 0 Å². The molecule has 1 N–H and O–H groups in total. The number of aromatic nitrogens is 1. The lowest BCUT2D eigenvalue weighted by Crippen LogP contribution is -2.36. The Morgan fingerprint density at radius 1 is 1.24 bits per heavy atom. The van der Waals surface area contributed by atoms with Gasteiger partial charge in [-0.25, -0.2) is 0 Å². The molecule has 0 saturated carbocycles. The molecule has 3 atom stereocenters. The van der Waals surface area contributed by atoms with E-state index >= 15 is 0 Å². The molecule has 0 spiro atoms. The minimum atomic E-state index is 0.513. The highest BCUT2D eigenvalue weighted by Gasteiger charge is 2.31. The van der Waals surface area contributed by atoms with Crippen molar-refractivity contribution in [3.63, 3.8) is 0 Å². The van der Waals surface area contributed by atoms with Crippen molar-refractivity contribution in [3.8, 4) is 0 Å². The zero-order chi connectivity index (χ0) is 11.7. The summed E-state index contributed by atoms with van der Waals surface area (Å²) in [5, 5.41) is 3.74. The molecule has 0 radical (unpaired) electrons. The third-order valence-electron chi connectivity index (χ3n) is 4.29. The Kier molecular flexibility index (Phi) is 3.12. The van der Waals surface area contributed by atoms with Gasteiger partial charge in [0.25, 0.3) is 0 Å². The van der Waals surface area contributed by atoms with Crippen molar-refractivity contribution < 1.29 is 0 Å². The molecule has 3 heterocycles. The highest BCUT2D eigenvalue weighted by Crippen LogP contribution is 2.26. The molecule has 3 rings (SSSR count). The fourth-order valence-corrected chi connectivity index (χ4v) is 3.17. The molecule has 0 aromatic carbocycles. The second-order valence-electron chi connectivity index (χ2n) is 5.38. The first-order valence-electron chi connectivity index (χ1n) is 6.73. The minimum absolute atomic E-state index is 0.513. The van der Waals surface area contributed by atoms with Gasteiger partial charge in [0.1, 0.15) is 0 Å². The molecule has 1 aromatic heterocycles. The van der Waals surface area contributed by atoms with E-state index < -0.39 is 0 Å². The summed E-state index contributed by atoms with van der Waals surface area (Å²) >= 11 is 0. The summed E-state index contributed by atoms with van der Waals surface area (Å²) in [6.45, 7) is 4.73. The molecule has 2 saturated heterocycles. The summed E-state index contributed by atoms with van der Waals surface area (Å²) in [7, 11) is 0. The predicted molar refractivity (Wildman–Crippen MR) is 68.8 cm³/mol. The summed E-state index contributed by atoms with van der Waals surface area (Å²) in [5.74, 6) is 0.